The number of rotatable bonds is 6. The summed E-state index contributed by atoms with van der Waals surface area (Å²) in [6.45, 7) is 13.0. The Morgan fingerprint density at radius 2 is 1.79 bits per heavy atom. The largest absolute Gasteiger partial charge is 0.441 e. The highest BCUT2D eigenvalue weighted by Gasteiger charge is 2.47. The second-order valence-corrected chi connectivity index (χ2v) is 8.99. The van der Waals surface area contributed by atoms with Crippen LogP contribution in [0.1, 0.15) is 32.6 Å². The Balaban J connectivity index is 1.19. The van der Waals surface area contributed by atoms with E-state index in [1.165, 1.54) is 0 Å². The molecule has 4 heterocycles. The third kappa shape index (κ3) is 4.86. The molecule has 1 atom stereocenters. The Morgan fingerprint density at radius 1 is 1.07 bits per heavy atom. The zero-order chi connectivity index (χ0) is 20.3. The van der Waals surface area contributed by atoms with Crippen LogP contribution in [0.4, 0.5) is 4.79 Å². The molecule has 8 nitrogen and oxygen atoms in total. The summed E-state index contributed by atoms with van der Waals surface area (Å²) in [5, 5.41) is 0. The highest BCUT2D eigenvalue weighted by Crippen LogP contribution is 2.34. The quantitative estimate of drug-likeness (QED) is 0.650. The molecule has 4 fully saturated rings. The molecule has 0 saturated carbocycles. The molecule has 0 aromatic rings. The fourth-order valence-corrected chi connectivity index (χ4v) is 5.06. The number of hydrogen-bond donors (Lipinski definition) is 0. The molecule has 164 valence electrons. The number of ether oxygens (including phenoxy) is 2. The van der Waals surface area contributed by atoms with Crippen molar-refractivity contribution in [3.63, 3.8) is 0 Å². The van der Waals surface area contributed by atoms with Gasteiger partial charge in [0.1, 0.15) is 5.60 Å². The molecule has 1 spiro atoms. The fourth-order valence-electron chi connectivity index (χ4n) is 5.06. The van der Waals surface area contributed by atoms with Gasteiger partial charge in [0.05, 0.1) is 19.1 Å². The molecule has 2 amide bonds. The zero-order valence-electron chi connectivity index (χ0n) is 17.8. The van der Waals surface area contributed by atoms with Crippen LogP contribution in [0.25, 0.3) is 0 Å². The number of likely N-dealkylation sites (tertiary alicyclic amines) is 1. The summed E-state index contributed by atoms with van der Waals surface area (Å²) in [6, 6.07) is 0. The molecule has 0 aromatic carbocycles. The van der Waals surface area contributed by atoms with Crippen LogP contribution in [0.3, 0.4) is 0 Å². The van der Waals surface area contributed by atoms with Gasteiger partial charge in [0.25, 0.3) is 0 Å². The fraction of sp³-hybridized carbons (Fsp3) is 0.905. The Labute approximate surface area is 174 Å². The van der Waals surface area contributed by atoms with Crippen molar-refractivity contribution in [3.05, 3.63) is 0 Å². The molecule has 0 radical (unpaired) electrons. The molecular formula is C21H36N4O4. The summed E-state index contributed by atoms with van der Waals surface area (Å²) in [6.07, 6.45) is 3.13. The van der Waals surface area contributed by atoms with Crippen LogP contribution in [-0.2, 0) is 14.3 Å². The summed E-state index contributed by atoms with van der Waals surface area (Å²) in [4.78, 5) is 33.8. The van der Waals surface area contributed by atoms with Crippen molar-refractivity contribution in [3.8, 4) is 0 Å². The van der Waals surface area contributed by atoms with Gasteiger partial charge >= 0.3 is 6.09 Å². The second kappa shape index (κ2) is 9.18. The Hall–Kier alpha value is -1.38. The van der Waals surface area contributed by atoms with Crippen LogP contribution in [0.5, 0.6) is 0 Å². The highest BCUT2D eigenvalue weighted by atomic mass is 16.6. The summed E-state index contributed by atoms with van der Waals surface area (Å²) < 4.78 is 11.2. The maximum absolute atomic E-state index is 12.6. The first-order chi connectivity index (χ1) is 14.1. The van der Waals surface area contributed by atoms with Crippen molar-refractivity contribution < 1.29 is 19.1 Å². The lowest BCUT2D eigenvalue weighted by Gasteiger charge is -2.38. The molecule has 4 aliphatic heterocycles. The normalized spacial score (nSPS) is 28.3. The molecular weight excluding hydrogens is 372 g/mol. The summed E-state index contributed by atoms with van der Waals surface area (Å²) in [5.41, 5.74) is -0.396. The molecule has 29 heavy (non-hydrogen) atoms. The van der Waals surface area contributed by atoms with Crippen molar-refractivity contribution in [2.45, 2.75) is 38.2 Å². The van der Waals surface area contributed by atoms with Crippen LogP contribution in [0.15, 0.2) is 0 Å². The number of amides is 2. The monoisotopic (exact) mass is 408 g/mol. The molecule has 0 aliphatic carbocycles. The maximum atomic E-state index is 12.6. The SMILES string of the molecule is CCN1CCN(CCCN2CC3(CCN(C(=O)C4CCOC4)CC3)OC2=O)CC1. The molecule has 0 bridgehead atoms. The summed E-state index contributed by atoms with van der Waals surface area (Å²) in [5.74, 6) is 0.229. The van der Waals surface area contributed by atoms with Crippen LogP contribution < -0.4 is 0 Å². The maximum Gasteiger partial charge on any atom is 0.410 e. The highest BCUT2D eigenvalue weighted by molar-refractivity contribution is 5.79. The second-order valence-electron chi connectivity index (χ2n) is 8.99. The average molecular weight is 409 g/mol. The van der Waals surface area contributed by atoms with Gasteiger partial charge in [0.2, 0.25) is 5.91 Å². The molecule has 0 N–H and O–H groups in total. The third-order valence-corrected chi connectivity index (χ3v) is 7.12. The van der Waals surface area contributed by atoms with Crippen molar-refractivity contribution >= 4 is 12.0 Å². The molecule has 4 aliphatic rings. The van der Waals surface area contributed by atoms with Crippen LogP contribution in [0, 0.1) is 5.92 Å². The number of piperazine rings is 1. The van der Waals surface area contributed by atoms with Crippen LogP contribution in [-0.4, -0.2) is 116 Å². The van der Waals surface area contributed by atoms with E-state index in [0.29, 0.717) is 32.8 Å². The average Bonchev–Trinajstić information content (AvgIpc) is 3.38. The Morgan fingerprint density at radius 3 is 2.45 bits per heavy atom. The van der Waals surface area contributed by atoms with E-state index in [-0.39, 0.29) is 17.9 Å². The Kier molecular flexibility index (Phi) is 6.61. The number of carbonyl (C=O) groups excluding carboxylic acids is 2. The molecule has 4 saturated heterocycles. The first kappa shape index (κ1) is 20.9. The lowest BCUT2D eigenvalue weighted by Crippen LogP contribution is -2.50. The number of piperidine rings is 1. The number of nitrogens with zero attached hydrogens (tertiary/aromatic N) is 4. The van der Waals surface area contributed by atoms with E-state index < -0.39 is 5.60 Å². The van der Waals surface area contributed by atoms with Gasteiger partial charge in [-0.2, -0.15) is 0 Å². The van der Waals surface area contributed by atoms with E-state index in [1.807, 2.05) is 9.80 Å². The minimum atomic E-state index is -0.396. The van der Waals surface area contributed by atoms with Gasteiger partial charge in [-0.3, -0.25) is 4.79 Å². The first-order valence-corrected chi connectivity index (χ1v) is 11.4. The minimum absolute atomic E-state index is 0.0193. The van der Waals surface area contributed by atoms with E-state index in [2.05, 4.69) is 16.7 Å². The minimum Gasteiger partial charge on any atom is -0.441 e. The number of carbonyl (C=O) groups is 2. The number of likely N-dealkylation sites (N-methyl/N-ethyl adjacent to an activating group) is 1. The van der Waals surface area contributed by atoms with E-state index in [1.54, 1.807) is 0 Å². The van der Waals surface area contributed by atoms with E-state index in [0.717, 1.165) is 71.5 Å². The predicted octanol–water partition coefficient (Wildman–Crippen LogP) is 0.864. The van der Waals surface area contributed by atoms with Gasteiger partial charge in [0, 0.05) is 65.3 Å². The van der Waals surface area contributed by atoms with Crippen molar-refractivity contribution in [2.75, 3.05) is 78.7 Å². The van der Waals surface area contributed by atoms with Gasteiger partial charge in [-0.25, -0.2) is 4.79 Å². The smallest absolute Gasteiger partial charge is 0.410 e. The van der Waals surface area contributed by atoms with Crippen molar-refractivity contribution in [1.29, 1.82) is 0 Å². The van der Waals surface area contributed by atoms with Crippen LogP contribution >= 0.6 is 0 Å². The van der Waals surface area contributed by atoms with Gasteiger partial charge in [-0.1, -0.05) is 6.92 Å². The third-order valence-electron chi connectivity index (χ3n) is 7.12. The molecule has 1 unspecified atom stereocenters. The molecule has 8 heteroatoms. The van der Waals surface area contributed by atoms with E-state index in [4.69, 9.17) is 9.47 Å². The van der Waals surface area contributed by atoms with Gasteiger partial charge in [0.15, 0.2) is 0 Å². The van der Waals surface area contributed by atoms with Gasteiger partial charge < -0.3 is 29.1 Å². The number of hydrogen-bond acceptors (Lipinski definition) is 6. The molecule has 4 rings (SSSR count). The standard InChI is InChI=1S/C21H36N4O4/c1-2-22-11-13-23(14-12-22)7-3-8-25-17-21(29-20(25)27)5-9-24(10-6-21)19(26)18-4-15-28-16-18/h18H,2-17H2,1H3. The Bertz CT molecular complexity index is 579. The predicted molar refractivity (Wildman–Crippen MR) is 109 cm³/mol. The van der Waals surface area contributed by atoms with E-state index >= 15 is 0 Å². The summed E-state index contributed by atoms with van der Waals surface area (Å²) >= 11 is 0. The van der Waals surface area contributed by atoms with Crippen molar-refractivity contribution in [1.82, 2.24) is 19.6 Å². The van der Waals surface area contributed by atoms with Gasteiger partial charge in [-0.15, -0.1) is 0 Å². The summed E-state index contributed by atoms with van der Waals surface area (Å²) in [7, 11) is 0. The zero-order valence-corrected chi connectivity index (χ0v) is 17.8. The van der Waals surface area contributed by atoms with E-state index in [9.17, 15) is 9.59 Å². The topological polar surface area (TPSA) is 65.6 Å². The lowest BCUT2D eigenvalue weighted by molar-refractivity contribution is -0.138. The van der Waals surface area contributed by atoms with Crippen molar-refractivity contribution in [2.24, 2.45) is 5.92 Å². The first-order valence-electron chi connectivity index (χ1n) is 11.4. The van der Waals surface area contributed by atoms with Crippen LogP contribution in [0.2, 0.25) is 0 Å². The van der Waals surface area contributed by atoms with Gasteiger partial charge in [-0.05, 0) is 25.9 Å². The lowest BCUT2D eigenvalue weighted by atomic mass is 9.90. The molecule has 0 aromatic heterocycles.